The summed E-state index contributed by atoms with van der Waals surface area (Å²) in [6.07, 6.45) is -4.19. The second-order valence-electron chi connectivity index (χ2n) is 9.95. The van der Waals surface area contributed by atoms with Crippen LogP contribution < -0.4 is 0 Å². The van der Waals surface area contributed by atoms with E-state index in [2.05, 4.69) is 6.92 Å². The number of aliphatic hydroxyl groups is 1. The third-order valence-electron chi connectivity index (χ3n) is 7.49. The van der Waals surface area contributed by atoms with Gasteiger partial charge in [0.05, 0.1) is 6.10 Å². The van der Waals surface area contributed by atoms with E-state index in [0.717, 1.165) is 18.4 Å². The first-order valence-electron chi connectivity index (χ1n) is 11.4. The largest absolute Gasteiger partial charge is 0.425 e. The number of nitrogens with zero attached hydrogens (tertiary/aromatic N) is 1. The molecule has 2 aromatic carbocycles. The zero-order chi connectivity index (χ0) is 23.1. The molecule has 2 aliphatic rings. The van der Waals surface area contributed by atoms with Crippen molar-refractivity contribution >= 4 is 0 Å². The van der Waals surface area contributed by atoms with E-state index >= 15 is 0 Å². The van der Waals surface area contributed by atoms with Crippen molar-refractivity contribution in [1.82, 2.24) is 4.90 Å². The highest BCUT2D eigenvalue weighted by molar-refractivity contribution is 5.27. The van der Waals surface area contributed by atoms with Crippen LogP contribution in [0.25, 0.3) is 0 Å². The second-order valence-corrected chi connectivity index (χ2v) is 9.95. The van der Waals surface area contributed by atoms with Crippen molar-refractivity contribution in [2.75, 3.05) is 0 Å². The van der Waals surface area contributed by atoms with Crippen molar-refractivity contribution < 1.29 is 23.0 Å². The Morgan fingerprint density at radius 1 is 1.00 bits per heavy atom. The van der Waals surface area contributed by atoms with Crippen LogP contribution >= 0.6 is 0 Å². The Morgan fingerprint density at radius 2 is 1.59 bits per heavy atom. The fourth-order valence-electron chi connectivity index (χ4n) is 5.57. The fourth-order valence-corrected chi connectivity index (χ4v) is 5.57. The summed E-state index contributed by atoms with van der Waals surface area (Å²) in [5, 5.41) is 11.5. The van der Waals surface area contributed by atoms with Gasteiger partial charge in [0.2, 0.25) is 5.60 Å². The van der Waals surface area contributed by atoms with Gasteiger partial charge in [-0.25, -0.2) is 0 Å². The predicted octanol–water partition coefficient (Wildman–Crippen LogP) is 5.88. The van der Waals surface area contributed by atoms with Crippen molar-refractivity contribution in [1.29, 1.82) is 0 Å². The maximum atomic E-state index is 14.7. The molecule has 0 spiro atoms. The average Bonchev–Trinajstić information content (AvgIpc) is 2.75. The number of hydrogen-bond acceptors (Lipinski definition) is 3. The Hall–Kier alpha value is -1.89. The molecule has 5 atom stereocenters. The number of fused-ring (bicyclic) bond motifs is 1. The highest BCUT2D eigenvalue weighted by Crippen LogP contribution is 2.52. The zero-order valence-electron chi connectivity index (χ0n) is 18.8. The van der Waals surface area contributed by atoms with E-state index in [0.29, 0.717) is 12.3 Å². The Morgan fingerprint density at radius 3 is 2.19 bits per heavy atom. The minimum absolute atomic E-state index is 0.0897. The van der Waals surface area contributed by atoms with Crippen LogP contribution in [0.4, 0.5) is 13.2 Å². The molecule has 1 saturated carbocycles. The highest BCUT2D eigenvalue weighted by Gasteiger charge is 2.66. The summed E-state index contributed by atoms with van der Waals surface area (Å²) in [7, 11) is 0. The summed E-state index contributed by atoms with van der Waals surface area (Å²) >= 11 is 0. The average molecular weight is 448 g/mol. The molecule has 0 bridgehead atoms. The molecule has 0 aromatic heterocycles. The molecule has 6 heteroatoms. The number of rotatable bonds is 4. The molecule has 3 nitrogen and oxygen atoms in total. The molecule has 2 aromatic rings. The topological polar surface area (TPSA) is 32.7 Å². The Bertz CT molecular complexity index is 902. The third kappa shape index (κ3) is 3.97. The highest BCUT2D eigenvalue weighted by atomic mass is 19.4. The monoisotopic (exact) mass is 447 g/mol. The Labute approximate surface area is 188 Å². The van der Waals surface area contributed by atoms with Gasteiger partial charge in [-0.1, -0.05) is 74.0 Å². The standard InChI is InChI=1S/C26H32F3NO2/c1-18-14-15-21-22(16-18)32-23(25(31,26(27,28)29)20-12-8-5-9-13-20)30(24(21,2)3)17-19-10-6-4-7-11-19/h4-13,18,21-23,31H,14-17H2,1-3H3/t18?,21?,22?,23?,25-/m0/s1. The molecular formula is C26H32F3NO2. The van der Waals surface area contributed by atoms with Crippen LogP contribution in [0.3, 0.4) is 0 Å². The molecule has 1 heterocycles. The van der Waals surface area contributed by atoms with Gasteiger partial charge in [-0.15, -0.1) is 0 Å². The molecular weight excluding hydrogens is 415 g/mol. The summed E-state index contributed by atoms with van der Waals surface area (Å²) in [5.41, 5.74) is -3.08. The van der Waals surface area contributed by atoms with Gasteiger partial charge in [0, 0.05) is 18.0 Å². The van der Waals surface area contributed by atoms with Crippen molar-refractivity contribution in [3.8, 4) is 0 Å². The predicted molar refractivity (Wildman–Crippen MR) is 118 cm³/mol. The lowest BCUT2D eigenvalue weighted by atomic mass is 9.68. The summed E-state index contributed by atoms with van der Waals surface area (Å²) in [6, 6.07) is 16.8. The minimum Gasteiger partial charge on any atom is -0.373 e. The normalized spacial score (nSPS) is 30.3. The fraction of sp³-hybridized carbons (Fsp3) is 0.538. The molecule has 0 radical (unpaired) electrons. The van der Waals surface area contributed by atoms with Crippen LogP contribution in [0, 0.1) is 11.8 Å². The molecule has 1 N–H and O–H groups in total. The number of ether oxygens (including phenoxy) is 1. The SMILES string of the molecule is CC1CCC2C(C1)OC([C@@](O)(c1ccccc1)C(F)(F)F)N(Cc1ccccc1)C2(C)C. The van der Waals surface area contributed by atoms with Crippen LogP contribution in [0.5, 0.6) is 0 Å². The maximum Gasteiger partial charge on any atom is 0.425 e. The Kier molecular flexibility index (Phi) is 6.16. The maximum absolute atomic E-state index is 14.7. The van der Waals surface area contributed by atoms with Gasteiger partial charge < -0.3 is 9.84 Å². The third-order valence-corrected chi connectivity index (χ3v) is 7.49. The van der Waals surface area contributed by atoms with Crippen LogP contribution in [0.2, 0.25) is 0 Å². The molecule has 4 unspecified atom stereocenters. The van der Waals surface area contributed by atoms with E-state index < -0.39 is 23.5 Å². The van der Waals surface area contributed by atoms with Gasteiger partial charge in [-0.2, -0.15) is 13.2 Å². The zero-order valence-corrected chi connectivity index (χ0v) is 18.8. The number of benzene rings is 2. The van der Waals surface area contributed by atoms with Gasteiger partial charge in [0.25, 0.3) is 0 Å². The molecule has 1 aliphatic carbocycles. The number of hydrogen-bond donors (Lipinski definition) is 1. The minimum atomic E-state index is -4.92. The summed E-state index contributed by atoms with van der Waals surface area (Å²) < 4.78 is 50.3. The second kappa shape index (κ2) is 8.47. The van der Waals surface area contributed by atoms with Crippen molar-refractivity contribution in [2.45, 2.75) is 76.2 Å². The molecule has 174 valence electrons. The van der Waals surface area contributed by atoms with Gasteiger partial charge >= 0.3 is 6.18 Å². The van der Waals surface area contributed by atoms with Crippen LogP contribution in [-0.4, -0.2) is 34.1 Å². The van der Waals surface area contributed by atoms with Crippen molar-refractivity contribution in [3.05, 3.63) is 71.8 Å². The molecule has 32 heavy (non-hydrogen) atoms. The molecule has 0 amide bonds. The van der Waals surface area contributed by atoms with E-state index in [1.807, 2.05) is 44.2 Å². The number of halogens is 3. The molecule has 2 fully saturated rings. The van der Waals surface area contributed by atoms with Crippen LogP contribution in [0.15, 0.2) is 60.7 Å². The Balaban J connectivity index is 1.84. The molecule has 1 aliphatic heterocycles. The van der Waals surface area contributed by atoms with E-state index in [1.54, 1.807) is 11.0 Å². The lowest BCUT2D eigenvalue weighted by molar-refractivity contribution is -0.366. The number of alkyl halides is 3. The van der Waals surface area contributed by atoms with Crippen LogP contribution in [-0.2, 0) is 16.9 Å². The van der Waals surface area contributed by atoms with Gasteiger partial charge in [-0.05, 0) is 43.7 Å². The van der Waals surface area contributed by atoms with Gasteiger partial charge in [0.15, 0.2) is 6.23 Å². The van der Waals surface area contributed by atoms with Gasteiger partial charge in [0.1, 0.15) is 0 Å². The molecule has 4 rings (SSSR count). The lowest BCUT2D eigenvalue weighted by Gasteiger charge is -2.60. The van der Waals surface area contributed by atoms with Gasteiger partial charge in [-0.3, -0.25) is 4.90 Å². The van der Waals surface area contributed by atoms with E-state index in [1.165, 1.54) is 24.3 Å². The smallest absolute Gasteiger partial charge is 0.373 e. The van der Waals surface area contributed by atoms with Crippen LogP contribution in [0.1, 0.15) is 51.2 Å². The first-order chi connectivity index (χ1) is 15.0. The summed E-state index contributed by atoms with van der Waals surface area (Å²) in [5.74, 6) is 0.469. The first kappa shape index (κ1) is 23.3. The quantitative estimate of drug-likeness (QED) is 0.636. The van der Waals surface area contributed by atoms with E-state index in [9.17, 15) is 18.3 Å². The van der Waals surface area contributed by atoms with Crippen molar-refractivity contribution in [3.63, 3.8) is 0 Å². The summed E-state index contributed by atoms with van der Waals surface area (Å²) in [4.78, 5) is 1.74. The molecule has 1 saturated heterocycles. The summed E-state index contributed by atoms with van der Waals surface area (Å²) in [6.45, 7) is 6.37. The van der Waals surface area contributed by atoms with E-state index in [4.69, 9.17) is 4.74 Å². The van der Waals surface area contributed by atoms with E-state index in [-0.39, 0.29) is 24.1 Å². The van der Waals surface area contributed by atoms with Crippen molar-refractivity contribution in [2.24, 2.45) is 11.8 Å². The first-order valence-corrected chi connectivity index (χ1v) is 11.4. The lowest BCUT2D eigenvalue weighted by Crippen LogP contribution is -2.71.